The van der Waals surface area contributed by atoms with Crippen LogP contribution in [0.5, 0.6) is 0 Å². The molecule has 1 aliphatic rings. The van der Waals surface area contributed by atoms with E-state index in [9.17, 15) is 5.11 Å². The predicted octanol–water partition coefficient (Wildman–Crippen LogP) is 4.15. The topological polar surface area (TPSA) is 40.4 Å². The average molecular weight is 467 g/mol. The number of para-hydroxylation sites is 2. The summed E-state index contributed by atoms with van der Waals surface area (Å²) in [5.41, 5.74) is 3.44. The second-order valence-electron chi connectivity index (χ2n) is 6.57. The molecule has 4 nitrogen and oxygen atoms in total. The Morgan fingerprint density at radius 1 is 1.16 bits per heavy atom. The van der Waals surface area contributed by atoms with Crippen molar-refractivity contribution in [2.75, 3.05) is 13.1 Å². The maximum atomic E-state index is 10.5. The number of nitrogens with one attached hydrogen (secondary N) is 1. The summed E-state index contributed by atoms with van der Waals surface area (Å²) in [6.45, 7) is 4.47. The summed E-state index contributed by atoms with van der Waals surface area (Å²) < 4.78 is 2.05. The van der Waals surface area contributed by atoms with Gasteiger partial charge in [0.05, 0.1) is 20.9 Å². The number of benzene rings is 2. The summed E-state index contributed by atoms with van der Waals surface area (Å²) in [7, 11) is 0. The van der Waals surface area contributed by atoms with E-state index < -0.39 is 6.23 Å². The van der Waals surface area contributed by atoms with Gasteiger partial charge in [0, 0.05) is 30.4 Å². The number of aliphatic hydroxyl groups excluding tert-OH is 1. The van der Waals surface area contributed by atoms with Crippen LogP contribution in [-0.4, -0.2) is 37.6 Å². The van der Waals surface area contributed by atoms with Crippen LogP contribution in [0.25, 0.3) is 21.8 Å². The molecule has 1 aliphatic heterocycles. The monoisotopic (exact) mass is 465 g/mol. The van der Waals surface area contributed by atoms with Gasteiger partial charge in [-0.25, -0.2) is 0 Å². The van der Waals surface area contributed by atoms with Crippen LogP contribution in [0.2, 0.25) is 0 Å². The fraction of sp³-hybridized carbons (Fsp3) is 0.368. The summed E-state index contributed by atoms with van der Waals surface area (Å²) in [6, 6.07) is 14.7. The molecule has 0 amide bonds. The van der Waals surface area contributed by atoms with Crippen LogP contribution in [0, 0.1) is 0 Å². The third kappa shape index (κ3) is 3.15. The van der Waals surface area contributed by atoms with Crippen LogP contribution in [0.3, 0.4) is 0 Å². The molecule has 0 bridgehead atoms. The first-order valence-electron chi connectivity index (χ1n) is 8.50. The number of alkyl halides is 2. The molecule has 1 saturated heterocycles. The number of piperazine rings is 1. The first-order chi connectivity index (χ1) is 12.1. The molecule has 0 saturated carbocycles. The van der Waals surface area contributed by atoms with Gasteiger partial charge in [0.15, 0.2) is 0 Å². The minimum absolute atomic E-state index is 0.293. The maximum Gasteiger partial charge on any atom is 0.128 e. The van der Waals surface area contributed by atoms with Gasteiger partial charge in [0.25, 0.3) is 0 Å². The van der Waals surface area contributed by atoms with Gasteiger partial charge in [-0.2, -0.15) is 0 Å². The molecule has 0 radical (unpaired) electrons. The van der Waals surface area contributed by atoms with E-state index in [-0.39, 0.29) is 0 Å². The third-order valence-electron chi connectivity index (χ3n) is 4.86. The second-order valence-corrected chi connectivity index (χ2v) is 8.73. The Morgan fingerprint density at radius 2 is 1.92 bits per heavy atom. The number of fused-ring (bicyclic) bond motifs is 3. The van der Waals surface area contributed by atoms with Crippen molar-refractivity contribution in [3.05, 3.63) is 48.0 Å². The second kappa shape index (κ2) is 7.00. The van der Waals surface area contributed by atoms with Crippen LogP contribution in [0.15, 0.2) is 42.5 Å². The molecule has 25 heavy (non-hydrogen) atoms. The molecule has 1 aromatic heterocycles. The van der Waals surface area contributed by atoms with E-state index in [4.69, 9.17) is 0 Å². The number of rotatable bonds is 3. The van der Waals surface area contributed by atoms with Crippen molar-refractivity contribution in [1.29, 1.82) is 0 Å². The van der Waals surface area contributed by atoms with Crippen LogP contribution in [-0.2, 0) is 6.54 Å². The van der Waals surface area contributed by atoms with Gasteiger partial charge in [-0.3, -0.25) is 4.90 Å². The molecule has 2 N–H and O–H groups in total. The lowest BCUT2D eigenvalue weighted by atomic mass is 10.1. The smallest absolute Gasteiger partial charge is 0.128 e. The Balaban J connectivity index is 1.87. The first kappa shape index (κ1) is 17.5. The van der Waals surface area contributed by atoms with E-state index in [0.717, 1.165) is 30.7 Å². The van der Waals surface area contributed by atoms with Crippen molar-refractivity contribution in [2.24, 2.45) is 0 Å². The molecule has 6 heteroatoms. The van der Waals surface area contributed by atoms with Crippen molar-refractivity contribution in [3.63, 3.8) is 0 Å². The first-order valence-corrected chi connectivity index (χ1v) is 10.3. The van der Waals surface area contributed by atoms with Crippen LogP contribution in [0.4, 0.5) is 0 Å². The van der Waals surface area contributed by atoms with E-state index in [1.165, 1.54) is 16.3 Å². The molecule has 3 atom stereocenters. The fourth-order valence-corrected chi connectivity index (χ4v) is 4.82. The normalized spacial score (nSPS) is 23.4. The zero-order valence-electron chi connectivity index (χ0n) is 14.0. The molecule has 4 rings (SSSR count). The number of aromatic nitrogens is 1. The number of aliphatic hydroxyl groups is 1. The van der Waals surface area contributed by atoms with E-state index in [1.54, 1.807) is 0 Å². The van der Waals surface area contributed by atoms with Crippen LogP contribution < -0.4 is 5.32 Å². The largest absolute Gasteiger partial charge is 0.374 e. The molecule has 1 fully saturated rings. The zero-order valence-corrected chi connectivity index (χ0v) is 17.2. The molecule has 2 aromatic carbocycles. The predicted molar refractivity (Wildman–Crippen MR) is 110 cm³/mol. The quantitative estimate of drug-likeness (QED) is 0.450. The Morgan fingerprint density at radius 3 is 2.72 bits per heavy atom. The van der Waals surface area contributed by atoms with Gasteiger partial charge in [0.1, 0.15) is 6.23 Å². The SMILES string of the molecule is CC(O)n1c2ccccc2c2cccc(CN3CC(Br)NCC3Br)c21. The van der Waals surface area contributed by atoms with Crippen molar-refractivity contribution in [2.45, 2.75) is 29.6 Å². The summed E-state index contributed by atoms with van der Waals surface area (Å²) in [4.78, 5) is 3.00. The third-order valence-corrected chi connectivity index (χ3v) is 6.38. The molecule has 132 valence electrons. The molecule has 0 aliphatic carbocycles. The van der Waals surface area contributed by atoms with Gasteiger partial charge in [-0.1, -0.05) is 68.3 Å². The van der Waals surface area contributed by atoms with Crippen molar-refractivity contribution in [1.82, 2.24) is 14.8 Å². The fourth-order valence-electron chi connectivity index (χ4n) is 3.76. The van der Waals surface area contributed by atoms with Crippen LogP contribution >= 0.6 is 31.9 Å². The minimum Gasteiger partial charge on any atom is -0.374 e. The number of hydrogen-bond donors (Lipinski definition) is 2. The number of halogens is 2. The van der Waals surface area contributed by atoms with Gasteiger partial charge >= 0.3 is 0 Å². The lowest BCUT2D eigenvalue weighted by Crippen LogP contribution is -2.51. The highest BCUT2D eigenvalue weighted by atomic mass is 79.9. The Hall–Kier alpha value is -0.920. The standard InChI is InChI=1S/C19H21Br2N3O/c1-12(25)24-16-8-3-2-6-14(16)15-7-4-5-13(19(15)24)10-23-11-17(20)22-9-18(23)21/h2-8,12,17-18,22,25H,9-11H2,1H3. The van der Waals surface area contributed by atoms with Crippen molar-refractivity contribution in [3.8, 4) is 0 Å². The highest BCUT2D eigenvalue weighted by Gasteiger charge is 2.26. The molecule has 0 spiro atoms. The maximum absolute atomic E-state index is 10.5. The van der Waals surface area contributed by atoms with Crippen molar-refractivity contribution < 1.29 is 5.11 Å². The summed E-state index contributed by atoms with van der Waals surface area (Å²) in [5, 5.41) is 16.3. The van der Waals surface area contributed by atoms with E-state index in [2.05, 4.69) is 83.0 Å². The lowest BCUT2D eigenvalue weighted by Gasteiger charge is -2.35. The van der Waals surface area contributed by atoms with Gasteiger partial charge in [-0.15, -0.1) is 0 Å². The number of nitrogens with zero attached hydrogens (tertiary/aromatic N) is 2. The van der Waals surface area contributed by atoms with E-state index >= 15 is 0 Å². The van der Waals surface area contributed by atoms with E-state index in [1.807, 2.05) is 13.0 Å². The molecule has 2 heterocycles. The van der Waals surface area contributed by atoms with Gasteiger partial charge in [-0.05, 0) is 18.6 Å². The minimum atomic E-state index is -0.574. The summed E-state index contributed by atoms with van der Waals surface area (Å²) in [5.74, 6) is 0. The average Bonchev–Trinajstić information content (AvgIpc) is 2.94. The highest BCUT2D eigenvalue weighted by Crippen LogP contribution is 2.34. The molecule has 3 unspecified atom stereocenters. The van der Waals surface area contributed by atoms with Crippen LogP contribution in [0.1, 0.15) is 18.7 Å². The highest BCUT2D eigenvalue weighted by molar-refractivity contribution is 9.10. The summed E-state index contributed by atoms with van der Waals surface area (Å²) >= 11 is 7.44. The Bertz CT molecular complexity index is 908. The molecule has 3 aromatic rings. The Labute approximate surface area is 164 Å². The lowest BCUT2D eigenvalue weighted by molar-refractivity contribution is 0.133. The zero-order chi connectivity index (χ0) is 17.6. The van der Waals surface area contributed by atoms with Gasteiger partial charge in [0.2, 0.25) is 0 Å². The Kier molecular flexibility index (Phi) is 4.90. The van der Waals surface area contributed by atoms with E-state index in [0.29, 0.717) is 9.90 Å². The number of hydrogen-bond acceptors (Lipinski definition) is 3. The summed E-state index contributed by atoms with van der Waals surface area (Å²) in [6.07, 6.45) is -0.574. The molecular weight excluding hydrogens is 446 g/mol. The van der Waals surface area contributed by atoms with Gasteiger partial charge < -0.3 is 15.0 Å². The molecular formula is C19H21Br2N3O. The van der Waals surface area contributed by atoms with Crippen molar-refractivity contribution >= 4 is 53.7 Å².